The first-order chi connectivity index (χ1) is 7.49. The number of alkyl halides is 2. The molecule has 0 bridgehead atoms. The van der Waals surface area contributed by atoms with Crippen LogP contribution in [0.4, 0.5) is 14.5 Å². The zero-order valence-corrected chi connectivity index (χ0v) is 10.1. The molecule has 0 spiro atoms. The number of nitrogen functional groups attached to an aromatic ring is 1. The number of anilines is 1. The number of pyridine rings is 1. The van der Waals surface area contributed by atoms with Gasteiger partial charge in [-0.25, -0.2) is 8.78 Å². The monoisotopic (exact) mass is 265 g/mol. The summed E-state index contributed by atoms with van der Waals surface area (Å²) in [6.07, 6.45) is -1.09. The minimum atomic E-state index is -2.52. The Balaban J connectivity index is 0.00000256. The molecule has 0 atom stereocenters. The third kappa shape index (κ3) is 5.44. The van der Waals surface area contributed by atoms with Gasteiger partial charge >= 0.3 is 0 Å². The number of carbonyl (C=O) groups excluding carboxylic acids is 1. The molecule has 1 aromatic heterocycles. The van der Waals surface area contributed by atoms with Gasteiger partial charge in [-0.3, -0.25) is 9.78 Å². The molecule has 1 amide bonds. The second-order valence-corrected chi connectivity index (χ2v) is 3.42. The van der Waals surface area contributed by atoms with Crippen LogP contribution in [0.3, 0.4) is 0 Å². The Bertz CT molecular complexity index is 359. The average Bonchev–Trinajstić information content (AvgIpc) is 2.20. The highest BCUT2D eigenvalue weighted by Gasteiger charge is 2.14. The second kappa shape index (κ2) is 7.01. The second-order valence-electron chi connectivity index (χ2n) is 3.42. The van der Waals surface area contributed by atoms with Gasteiger partial charge in [0, 0.05) is 12.7 Å². The number of carbonyl (C=O) groups is 1. The molecule has 1 rings (SSSR count). The molecule has 1 heterocycles. The maximum Gasteiger partial charge on any atom is 0.255 e. The molecule has 0 aromatic carbocycles. The average molecular weight is 266 g/mol. The van der Waals surface area contributed by atoms with Crippen molar-refractivity contribution in [2.24, 2.45) is 0 Å². The van der Waals surface area contributed by atoms with Crippen molar-refractivity contribution in [3.63, 3.8) is 0 Å². The van der Waals surface area contributed by atoms with Gasteiger partial charge in [-0.1, -0.05) is 0 Å². The molecule has 1 aromatic rings. The lowest BCUT2D eigenvalue weighted by atomic mass is 10.2. The number of halogens is 3. The molecule has 0 aliphatic heterocycles. The highest BCUT2D eigenvalue weighted by Crippen LogP contribution is 2.04. The predicted octanol–water partition coefficient (Wildman–Crippen LogP) is 1.35. The molecule has 0 aliphatic carbocycles. The lowest BCUT2D eigenvalue weighted by Crippen LogP contribution is -2.32. The highest BCUT2D eigenvalue weighted by atomic mass is 35.5. The Morgan fingerprint density at radius 1 is 1.53 bits per heavy atom. The van der Waals surface area contributed by atoms with Crippen LogP contribution < -0.4 is 5.73 Å². The zero-order valence-electron chi connectivity index (χ0n) is 9.27. The Labute approximate surface area is 104 Å². The lowest BCUT2D eigenvalue weighted by molar-refractivity contribution is -0.130. The normalized spacial score (nSPS) is 9.88. The van der Waals surface area contributed by atoms with Gasteiger partial charge in [0.15, 0.2) is 0 Å². The van der Waals surface area contributed by atoms with E-state index in [1.807, 2.05) is 0 Å². The van der Waals surface area contributed by atoms with E-state index in [1.165, 1.54) is 13.2 Å². The van der Waals surface area contributed by atoms with Crippen LogP contribution in [0.25, 0.3) is 0 Å². The van der Waals surface area contributed by atoms with Crippen LogP contribution >= 0.6 is 12.4 Å². The summed E-state index contributed by atoms with van der Waals surface area (Å²) in [6.45, 7) is -0.562. The lowest BCUT2D eigenvalue weighted by Gasteiger charge is -2.16. The van der Waals surface area contributed by atoms with Crippen LogP contribution in [-0.4, -0.2) is 35.8 Å². The molecule has 0 saturated carbocycles. The van der Waals surface area contributed by atoms with Crippen molar-refractivity contribution in [1.82, 2.24) is 9.88 Å². The number of rotatable bonds is 4. The minimum absolute atomic E-state index is 0. The van der Waals surface area contributed by atoms with E-state index in [9.17, 15) is 13.6 Å². The summed E-state index contributed by atoms with van der Waals surface area (Å²) in [7, 11) is 1.34. The van der Waals surface area contributed by atoms with Crippen LogP contribution in [0.1, 0.15) is 5.69 Å². The van der Waals surface area contributed by atoms with Gasteiger partial charge in [-0.05, 0) is 12.1 Å². The first-order valence-corrected chi connectivity index (χ1v) is 4.71. The Hall–Kier alpha value is -1.43. The number of hydrogen-bond acceptors (Lipinski definition) is 3. The fourth-order valence-electron chi connectivity index (χ4n) is 1.14. The van der Waals surface area contributed by atoms with Gasteiger partial charge in [0.2, 0.25) is 5.91 Å². The van der Waals surface area contributed by atoms with Crippen molar-refractivity contribution in [2.45, 2.75) is 12.8 Å². The van der Waals surface area contributed by atoms with Crippen molar-refractivity contribution >= 4 is 24.0 Å². The van der Waals surface area contributed by atoms with Gasteiger partial charge < -0.3 is 10.6 Å². The van der Waals surface area contributed by atoms with Crippen LogP contribution in [0.5, 0.6) is 0 Å². The standard InChI is InChI=1S/C10H13F2N3O.ClH/c1-15(6-9(11)12)10(16)4-8-3-2-7(13)5-14-8;/h2-3,5,9H,4,6,13H2,1H3;1H. The van der Waals surface area contributed by atoms with E-state index in [2.05, 4.69) is 4.98 Å². The van der Waals surface area contributed by atoms with E-state index in [0.29, 0.717) is 11.4 Å². The largest absolute Gasteiger partial charge is 0.397 e. The number of amides is 1. The third-order valence-electron chi connectivity index (χ3n) is 2.02. The summed E-state index contributed by atoms with van der Waals surface area (Å²) in [5.74, 6) is -0.391. The van der Waals surface area contributed by atoms with E-state index in [1.54, 1.807) is 12.1 Å². The highest BCUT2D eigenvalue weighted by molar-refractivity contribution is 5.85. The molecule has 0 saturated heterocycles. The molecule has 0 aliphatic rings. The molecule has 0 radical (unpaired) electrons. The van der Waals surface area contributed by atoms with E-state index in [4.69, 9.17) is 5.73 Å². The summed E-state index contributed by atoms with van der Waals surface area (Å²) >= 11 is 0. The van der Waals surface area contributed by atoms with Gasteiger partial charge in [-0.15, -0.1) is 12.4 Å². The number of aromatic nitrogens is 1. The molecule has 0 fully saturated rings. The molecule has 4 nitrogen and oxygen atoms in total. The number of likely N-dealkylation sites (N-methyl/N-ethyl adjacent to an activating group) is 1. The summed E-state index contributed by atoms with van der Waals surface area (Å²) in [5.41, 5.74) is 6.44. The third-order valence-corrected chi connectivity index (χ3v) is 2.02. The van der Waals surface area contributed by atoms with Crippen molar-refractivity contribution < 1.29 is 13.6 Å². The maximum absolute atomic E-state index is 12.0. The van der Waals surface area contributed by atoms with Gasteiger partial charge in [-0.2, -0.15) is 0 Å². The first kappa shape index (κ1) is 15.6. The van der Waals surface area contributed by atoms with E-state index in [0.717, 1.165) is 4.90 Å². The number of hydrogen-bond donors (Lipinski definition) is 1. The van der Waals surface area contributed by atoms with Crippen molar-refractivity contribution in [1.29, 1.82) is 0 Å². The summed E-state index contributed by atoms with van der Waals surface area (Å²) in [5, 5.41) is 0. The van der Waals surface area contributed by atoms with Crippen molar-refractivity contribution in [3.8, 4) is 0 Å². The quantitative estimate of drug-likeness (QED) is 0.894. The van der Waals surface area contributed by atoms with E-state index >= 15 is 0 Å². The van der Waals surface area contributed by atoms with Crippen LogP contribution in [0, 0.1) is 0 Å². The summed E-state index contributed by atoms with van der Waals surface area (Å²) < 4.78 is 24.0. The van der Waals surface area contributed by atoms with Crippen LogP contribution in [0.15, 0.2) is 18.3 Å². The van der Waals surface area contributed by atoms with Gasteiger partial charge in [0.05, 0.1) is 24.8 Å². The first-order valence-electron chi connectivity index (χ1n) is 4.71. The van der Waals surface area contributed by atoms with Gasteiger partial charge in [0.25, 0.3) is 6.43 Å². The number of nitrogens with zero attached hydrogens (tertiary/aromatic N) is 2. The summed E-state index contributed by atoms with van der Waals surface area (Å²) in [6, 6.07) is 3.21. The fourth-order valence-corrected chi connectivity index (χ4v) is 1.14. The van der Waals surface area contributed by atoms with E-state index < -0.39 is 18.9 Å². The Morgan fingerprint density at radius 2 is 2.18 bits per heavy atom. The topological polar surface area (TPSA) is 59.2 Å². The van der Waals surface area contributed by atoms with Crippen LogP contribution in [0.2, 0.25) is 0 Å². The molecule has 2 N–H and O–H groups in total. The molecule has 0 unspecified atom stereocenters. The van der Waals surface area contributed by atoms with E-state index in [-0.39, 0.29) is 18.8 Å². The SMILES string of the molecule is CN(CC(F)F)C(=O)Cc1ccc(N)cn1.Cl. The van der Waals surface area contributed by atoms with Gasteiger partial charge in [0.1, 0.15) is 0 Å². The van der Waals surface area contributed by atoms with Crippen molar-refractivity contribution in [3.05, 3.63) is 24.0 Å². The van der Waals surface area contributed by atoms with Crippen LogP contribution in [-0.2, 0) is 11.2 Å². The molecule has 7 heteroatoms. The fraction of sp³-hybridized carbons (Fsp3) is 0.400. The predicted molar refractivity (Wildman–Crippen MR) is 63.2 cm³/mol. The minimum Gasteiger partial charge on any atom is -0.397 e. The maximum atomic E-state index is 12.0. The number of nitrogens with two attached hydrogens (primary N) is 1. The molecule has 17 heavy (non-hydrogen) atoms. The summed E-state index contributed by atoms with van der Waals surface area (Å²) in [4.78, 5) is 16.4. The molecule has 96 valence electrons. The smallest absolute Gasteiger partial charge is 0.255 e. The molecular formula is C10H14ClF2N3O. The van der Waals surface area contributed by atoms with Crippen molar-refractivity contribution in [2.75, 3.05) is 19.3 Å². The Kier molecular flexibility index (Phi) is 6.42. The molecular weight excluding hydrogens is 252 g/mol. The zero-order chi connectivity index (χ0) is 12.1. The Morgan fingerprint density at radius 3 is 2.65 bits per heavy atom.